The van der Waals surface area contributed by atoms with Crippen LogP contribution >= 0.6 is 0 Å². The maximum atomic E-state index is 14.7. The Morgan fingerprint density at radius 3 is 2.36 bits per heavy atom. The molecule has 0 saturated heterocycles. The van der Waals surface area contributed by atoms with E-state index < -0.39 is 37.7 Å². The van der Waals surface area contributed by atoms with Crippen LogP contribution in [0.1, 0.15) is 26.3 Å². The first-order valence-corrected chi connectivity index (χ1v) is 13.6. The van der Waals surface area contributed by atoms with E-state index in [4.69, 9.17) is 9.88 Å². The van der Waals surface area contributed by atoms with Crippen LogP contribution in [0.4, 0.5) is 14.9 Å². The fourth-order valence-corrected chi connectivity index (χ4v) is 5.22. The molecule has 3 N–H and O–H groups in total. The van der Waals surface area contributed by atoms with E-state index in [-0.39, 0.29) is 28.4 Å². The van der Waals surface area contributed by atoms with E-state index in [1.54, 1.807) is 26.8 Å². The number of nitrogens with zero attached hydrogens (tertiary/aromatic N) is 2. The first-order valence-electron chi connectivity index (χ1n) is 10.6. The molecule has 36 heavy (non-hydrogen) atoms. The van der Waals surface area contributed by atoms with Gasteiger partial charge < -0.3 is 9.64 Å². The highest BCUT2D eigenvalue weighted by molar-refractivity contribution is 7.90. The molecule has 0 spiro atoms. The number of hydrogen-bond acceptors (Lipinski definition) is 6. The Labute approximate surface area is 209 Å². The lowest BCUT2D eigenvalue weighted by molar-refractivity contribution is 0.0285. The Kier molecular flexibility index (Phi) is 7.48. The van der Waals surface area contributed by atoms with Crippen molar-refractivity contribution in [2.24, 2.45) is 5.14 Å². The molecule has 10 nitrogen and oxygen atoms in total. The summed E-state index contributed by atoms with van der Waals surface area (Å²) in [5, 5.41) is 4.99. The number of aromatic nitrogens is 1. The van der Waals surface area contributed by atoms with E-state index in [1.165, 1.54) is 60.6 Å². The lowest BCUT2D eigenvalue weighted by atomic mass is 10.1. The van der Waals surface area contributed by atoms with Gasteiger partial charge in [-0.15, -0.1) is 0 Å². The largest absolute Gasteiger partial charge is 0.444 e. The molecule has 3 rings (SSSR count). The Balaban J connectivity index is 2.09. The fourth-order valence-electron chi connectivity index (χ4n) is 3.32. The zero-order chi connectivity index (χ0) is 26.9. The number of amides is 1. The number of carbonyl (C=O) groups excluding carboxylic acids is 1. The van der Waals surface area contributed by atoms with Gasteiger partial charge in [0.25, 0.3) is 20.2 Å². The Bertz CT molecular complexity index is 1490. The molecule has 0 radical (unpaired) electrons. The number of anilines is 1. The second-order valence-electron chi connectivity index (χ2n) is 9.03. The van der Waals surface area contributed by atoms with Crippen LogP contribution in [0.25, 0.3) is 11.3 Å². The van der Waals surface area contributed by atoms with Gasteiger partial charge in [0.15, 0.2) is 0 Å². The topological polar surface area (TPSA) is 141 Å². The van der Waals surface area contributed by atoms with E-state index in [9.17, 15) is 26.0 Å². The molecule has 194 valence electrons. The Morgan fingerprint density at radius 2 is 1.75 bits per heavy atom. The summed E-state index contributed by atoms with van der Waals surface area (Å²) in [5.41, 5.74) is -0.363. The standard InChI is InChI=1S/C23H27FN4O6S2/c1-23(2,3)34-22(29)27(4)14-16-12-21(19-10-5-6-11-20(19)24)28(15-16)35(30,31)18-9-7-8-17(13-18)26-36(25,32)33/h5-13,15,26H,14H2,1-4H3,(H2,25,32,33). The third-order valence-corrected chi connectivity index (χ3v) is 6.96. The first-order chi connectivity index (χ1) is 16.6. The quantitative estimate of drug-likeness (QED) is 0.472. The van der Waals surface area contributed by atoms with Crippen molar-refractivity contribution in [1.82, 2.24) is 8.87 Å². The van der Waals surface area contributed by atoms with Gasteiger partial charge >= 0.3 is 6.09 Å². The van der Waals surface area contributed by atoms with Gasteiger partial charge in [0.05, 0.1) is 22.8 Å². The van der Waals surface area contributed by atoms with Gasteiger partial charge in [-0.25, -0.2) is 26.7 Å². The molecule has 0 aliphatic rings. The summed E-state index contributed by atoms with van der Waals surface area (Å²) >= 11 is 0. The van der Waals surface area contributed by atoms with Crippen LogP contribution in [0.2, 0.25) is 0 Å². The van der Waals surface area contributed by atoms with Crippen LogP contribution in [0.15, 0.2) is 65.7 Å². The number of carbonyl (C=O) groups is 1. The van der Waals surface area contributed by atoms with Crippen LogP contribution in [0, 0.1) is 5.82 Å². The molecule has 2 aromatic carbocycles. The number of benzene rings is 2. The van der Waals surface area contributed by atoms with Crippen molar-refractivity contribution in [1.29, 1.82) is 0 Å². The van der Waals surface area contributed by atoms with Crippen LogP contribution in [0.5, 0.6) is 0 Å². The number of ether oxygens (including phenoxy) is 1. The molecule has 0 aliphatic carbocycles. The molecule has 1 aromatic heterocycles. The van der Waals surface area contributed by atoms with E-state index >= 15 is 0 Å². The first kappa shape index (κ1) is 27.2. The molecule has 0 bridgehead atoms. The number of nitrogens with two attached hydrogens (primary N) is 1. The molecule has 13 heteroatoms. The van der Waals surface area contributed by atoms with Gasteiger partial charge in [-0.3, -0.25) is 4.72 Å². The summed E-state index contributed by atoms with van der Waals surface area (Å²) in [5.74, 6) is -0.649. The summed E-state index contributed by atoms with van der Waals surface area (Å²) < 4.78 is 72.9. The Hall–Kier alpha value is -3.42. The van der Waals surface area contributed by atoms with Gasteiger partial charge in [0.2, 0.25) is 0 Å². The van der Waals surface area contributed by atoms with E-state index in [0.717, 1.165) is 10.0 Å². The number of rotatable bonds is 7. The summed E-state index contributed by atoms with van der Waals surface area (Å²) in [4.78, 5) is 13.4. The van der Waals surface area contributed by atoms with Crippen LogP contribution < -0.4 is 9.86 Å². The van der Waals surface area contributed by atoms with Crippen LogP contribution in [-0.2, 0) is 31.5 Å². The third kappa shape index (κ3) is 6.62. The summed E-state index contributed by atoms with van der Waals surface area (Å²) in [6, 6.07) is 12.1. The Morgan fingerprint density at radius 1 is 1.08 bits per heavy atom. The third-order valence-electron chi connectivity index (χ3n) is 4.77. The molecule has 0 fully saturated rings. The molecular weight excluding hydrogens is 511 g/mol. The van der Waals surface area contributed by atoms with Crippen molar-refractivity contribution < 1.29 is 30.8 Å². The lowest BCUT2D eigenvalue weighted by Crippen LogP contribution is -2.33. The second-order valence-corrected chi connectivity index (χ2v) is 12.1. The van der Waals surface area contributed by atoms with Gasteiger partial charge in [0.1, 0.15) is 11.4 Å². The van der Waals surface area contributed by atoms with Crippen molar-refractivity contribution in [2.45, 2.75) is 37.8 Å². The smallest absolute Gasteiger partial charge is 0.410 e. The summed E-state index contributed by atoms with van der Waals surface area (Å²) in [6.45, 7) is 5.14. The predicted octanol–water partition coefficient (Wildman–Crippen LogP) is 3.51. The van der Waals surface area contributed by atoms with Crippen molar-refractivity contribution in [3.05, 3.63) is 72.2 Å². The summed E-state index contributed by atoms with van der Waals surface area (Å²) in [7, 11) is -6.99. The molecule has 0 saturated carbocycles. The maximum Gasteiger partial charge on any atom is 0.410 e. The molecule has 3 aromatic rings. The van der Waals surface area contributed by atoms with Gasteiger partial charge in [0, 0.05) is 18.8 Å². The van der Waals surface area contributed by atoms with Crippen molar-refractivity contribution in [3.63, 3.8) is 0 Å². The molecule has 0 aliphatic heterocycles. The summed E-state index contributed by atoms with van der Waals surface area (Å²) in [6.07, 6.45) is 0.657. The average molecular weight is 539 g/mol. The SMILES string of the molecule is CN(Cc1cc(-c2ccccc2F)n(S(=O)(=O)c2cccc(NS(N)(=O)=O)c2)c1)C(=O)OC(C)(C)C. The number of hydrogen-bond donors (Lipinski definition) is 2. The second kappa shape index (κ2) is 9.91. The number of halogens is 1. The minimum Gasteiger partial charge on any atom is -0.444 e. The number of nitrogens with one attached hydrogen (secondary N) is 1. The highest BCUT2D eigenvalue weighted by Gasteiger charge is 2.26. The van der Waals surface area contributed by atoms with Gasteiger partial charge in [-0.2, -0.15) is 8.42 Å². The van der Waals surface area contributed by atoms with E-state index in [0.29, 0.717) is 5.56 Å². The zero-order valence-corrected chi connectivity index (χ0v) is 21.7. The van der Waals surface area contributed by atoms with Crippen molar-refractivity contribution in [3.8, 4) is 11.3 Å². The van der Waals surface area contributed by atoms with Crippen LogP contribution in [-0.4, -0.2) is 44.4 Å². The van der Waals surface area contributed by atoms with Gasteiger partial charge in [-0.1, -0.05) is 18.2 Å². The predicted molar refractivity (Wildman–Crippen MR) is 133 cm³/mol. The van der Waals surface area contributed by atoms with Crippen molar-refractivity contribution >= 4 is 32.0 Å². The minimum atomic E-state index is -4.34. The minimum absolute atomic E-state index is 0.0190. The molecule has 1 heterocycles. The van der Waals surface area contributed by atoms with Gasteiger partial charge in [-0.05, 0) is 62.7 Å². The highest BCUT2D eigenvalue weighted by Crippen LogP contribution is 2.30. The zero-order valence-electron chi connectivity index (χ0n) is 20.1. The normalized spacial score (nSPS) is 12.3. The van der Waals surface area contributed by atoms with Crippen LogP contribution in [0.3, 0.4) is 0 Å². The van der Waals surface area contributed by atoms with E-state index in [2.05, 4.69) is 0 Å². The molecular formula is C23H27FN4O6S2. The maximum absolute atomic E-state index is 14.7. The monoisotopic (exact) mass is 538 g/mol. The molecule has 0 unspecified atom stereocenters. The molecule has 1 amide bonds. The van der Waals surface area contributed by atoms with Crippen molar-refractivity contribution in [2.75, 3.05) is 11.8 Å². The average Bonchev–Trinajstić information content (AvgIpc) is 3.16. The molecule has 0 atom stereocenters. The lowest BCUT2D eigenvalue weighted by Gasteiger charge is -2.24. The fraction of sp³-hybridized carbons (Fsp3) is 0.261. The highest BCUT2D eigenvalue weighted by atomic mass is 32.2. The van der Waals surface area contributed by atoms with E-state index in [1.807, 2.05) is 4.72 Å².